The van der Waals surface area contributed by atoms with Crippen LogP contribution in [0.3, 0.4) is 0 Å². The number of rotatable bonds is 20. The van der Waals surface area contributed by atoms with Gasteiger partial charge in [0.1, 0.15) is 12.1 Å². The van der Waals surface area contributed by atoms with Crippen LogP contribution in [-0.4, -0.2) is 81.1 Å². The maximum absolute atomic E-state index is 15.3. The van der Waals surface area contributed by atoms with Crippen LogP contribution in [0.15, 0.2) is 30.3 Å². The first-order valence-corrected chi connectivity index (χ1v) is 18.7. The summed E-state index contributed by atoms with van der Waals surface area (Å²) in [6.07, 6.45) is 1.04. The van der Waals surface area contributed by atoms with Gasteiger partial charge in [0.25, 0.3) is 14.3 Å². The van der Waals surface area contributed by atoms with Gasteiger partial charge in [-0.05, 0) is 41.4 Å². The lowest BCUT2D eigenvalue weighted by Gasteiger charge is -2.30. The summed E-state index contributed by atoms with van der Waals surface area (Å²) in [7, 11) is -1.65. The number of hydrogen-bond donors (Lipinski definition) is 5. The second-order valence-electron chi connectivity index (χ2n) is 12.9. The minimum Gasteiger partial charge on any atom is -0.356 e. The summed E-state index contributed by atoms with van der Waals surface area (Å²) in [4.78, 5) is 75.4. The number of nitrogens with zero attached hydrogens (tertiary/aromatic N) is 1. The lowest BCUT2D eigenvalue weighted by Crippen LogP contribution is -2.52. The molecule has 2 atom stereocenters. The number of imide groups is 1. The zero-order chi connectivity index (χ0) is 35.7. The Morgan fingerprint density at radius 2 is 1.36 bits per heavy atom. The standard InChI is InChI=1S/C33H55FN6O6Si/c1-22(2)30(39-28(42)16-11-15-27(41)36-18-12-20-47(34,23(3)4)24(5)6)31(44)37-19-17-29(43)38-26(32(45)40(7)33(35)46)21-25-13-9-8-10-14-25/h8-10,13-14,22-24,26,30H,11-12,15-21H2,1-7H3,(H2,35,46)(H,36,41)(H,37,44)(H,38,43)(H,39,42)/t26-,30-/m0/s1. The summed E-state index contributed by atoms with van der Waals surface area (Å²) in [6.45, 7) is 11.6. The van der Waals surface area contributed by atoms with Crippen molar-refractivity contribution in [2.75, 3.05) is 20.1 Å². The van der Waals surface area contributed by atoms with Crippen molar-refractivity contribution in [2.24, 2.45) is 11.7 Å². The van der Waals surface area contributed by atoms with Gasteiger partial charge in [0.05, 0.1) is 0 Å². The summed E-state index contributed by atoms with van der Waals surface area (Å²) < 4.78 is 15.3. The summed E-state index contributed by atoms with van der Waals surface area (Å²) >= 11 is 0. The first kappa shape index (κ1) is 41.2. The molecule has 1 aromatic carbocycles. The topological polar surface area (TPSA) is 180 Å². The number of hydrogen-bond acceptors (Lipinski definition) is 6. The molecule has 1 rings (SSSR count). The molecule has 0 spiro atoms. The molecule has 0 heterocycles. The summed E-state index contributed by atoms with van der Waals surface area (Å²) in [5, 5.41) is 10.8. The van der Waals surface area contributed by atoms with E-state index in [4.69, 9.17) is 5.73 Å². The highest BCUT2D eigenvalue weighted by Gasteiger charge is 2.40. The van der Waals surface area contributed by atoms with E-state index in [9.17, 15) is 28.8 Å². The van der Waals surface area contributed by atoms with Crippen LogP contribution in [0.5, 0.6) is 0 Å². The lowest BCUT2D eigenvalue weighted by molar-refractivity contribution is -0.133. The smallest absolute Gasteiger partial charge is 0.321 e. The van der Waals surface area contributed by atoms with E-state index in [2.05, 4.69) is 21.3 Å². The summed E-state index contributed by atoms with van der Waals surface area (Å²) in [5.41, 5.74) is 6.04. The molecule has 47 heavy (non-hydrogen) atoms. The van der Waals surface area contributed by atoms with Crippen molar-refractivity contribution < 1.29 is 32.9 Å². The molecule has 0 aliphatic rings. The van der Waals surface area contributed by atoms with Crippen LogP contribution < -0.4 is 27.0 Å². The molecule has 0 aliphatic carbocycles. The number of primary amides is 1. The van der Waals surface area contributed by atoms with Crippen molar-refractivity contribution in [1.82, 2.24) is 26.2 Å². The van der Waals surface area contributed by atoms with Gasteiger partial charge in [-0.3, -0.25) is 28.9 Å². The number of carbonyl (C=O) groups excluding carboxylic acids is 6. The van der Waals surface area contributed by atoms with E-state index in [1.165, 1.54) is 7.05 Å². The highest BCUT2D eigenvalue weighted by molar-refractivity contribution is 6.75. The molecule has 0 saturated heterocycles. The van der Waals surface area contributed by atoms with Gasteiger partial charge in [0.15, 0.2) is 0 Å². The normalized spacial score (nSPS) is 12.7. The zero-order valence-electron chi connectivity index (χ0n) is 29.0. The van der Waals surface area contributed by atoms with E-state index in [1.807, 2.05) is 33.8 Å². The Balaban J connectivity index is 2.52. The Hall–Kier alpha value is -3.81. The maximum atomic E-state index is 15.3. The molecule has 7 amide bonds. The van der Waals surface area contributed by atoms with Crippen molar-refractivity contribution in [1.29, 1.82) is 0 Å². The molecule has 264 valence electrons. The van der Waals surface area contributed by atoms with Crippen molar-refractivity contribution >= 4 is 44.0 Å². The Morgan fingerprint density at radius 3 is 1.91 bits per heavy atom. The van der Waals surface area contributed by atoms with Crippen LogP contribution in [0.25, 0.3) is 0 Å². The highest BCUT2D eigenvalue weighted by Crippen LogP contribution is 2.37. The predicted octanol–water partition coefficient (Wildman–Crippen LogP) is 3.31. The van der Waals surface area contributed by atoms with Crippen LogP contribution in [0.1, 0.15) is 79.2 Å². The monoisotopic (exact) mass is 678 g/mol. The Bertz CT molecular complexity index is 1190. The third kappa shape index (κ3) is 14.7. The average molecular weight is 679 g/mol. The third-order valence-corrected chi connectivity index (χ3v) is 13.2. The van der Waals surface area contributed by atoms with Crippen LogP contribution in [0.4, 0.5) is 8.90 Å². The Labute approximate surface area is 279 Å². The van der Waals surface area contributed by atoms with Crippen LogP contribution in [0.2, 0.25) is 17.1 Å². The van der Waals surface area contributed by atoms with Gasteiger partial charge in [-0.1, -0.05) is 71.9 Å². The second kappa shape index (κ2) is 20.4. The molecular weight excluding hydrogens is 623 g/mol. The number of likely N-dealkylation sites (N-methyl/N-ethyl adjacent to an activating group) is 1. The van der Waals surface area contributed by atoms with Gasteiger partial charge in [-0.2, -0.15) is 0 Å². The molecule has 6 N–H and O–H groups in total. The number of nitrogens with one attached hydrogen (secondary N) is 4. The van der Waals surface area contributed by atoms with Gasteiger partial charge < -0.3 is 31.1 Å². The van der Waals surface area contributed by atoms with E-state index in [0.29, 0.717) is 19.0 Å². The first-order chi connectivity index (χ1) is 22.0. The number of benzene rings is 1. The number of urea groups is 1. The first-order valence-electron chi connectivity index (χ1n) is 16.4. The van der Waals surface area contributed by atoms with Gasteiger partial charge in [0, 0.05) is 45.8 Å². The minimum atomic E-state index is -2.88. The van der Waals surface area contributed by atoms with Crippen molar-refractivity contribution in [3.05, 3.63) is 35.9 Å². The van der Waals surface area contributed by atoms with Gasteiger partial charge >= 0.3 is 6.03 Å². The van der Waals surface area contributed by atoms with Gasteiger partial charge in [-0.25, -0.2) is 4.79 Å². The van der Waals surface area contributed by atoms with Crippen LogP contribution in [-0.2, 0) is 30.4 Å². The summed E-state index contributed by atoms with van der Waals surface area (Å²) in [5.74, 6) is -2.50. The largest absolute Gasteiger partial charge is 0.356 e. The minimum absolute atomic E-state index is 0.0194. The fraction of sp³-hybridized carbons (Fsp3) is 0.636. The number of amides is 7. The lowest BCUT2D eigenvalue weighted by atomic mass is 10.0. The zero-order valence-corrected chi connectivity index (χ0v) is 30.0. The molecule has 14 heteroatoms. The fourth-order valence-electron chi connectivity index (χ4n) is 5.18. The average Bonchev–Trinajstić information content (AvgIpc) is 3.00. The maximum Gasteiger partial charge on any atom is 0.321 e. The van der Waals surface area contributed by atoms with E-state index in [0.717, 1.165) is 10.5 Å². The molecule has 0 radical (unpaired) electrons. The molecule has 0 aromatic heterocycles. The molecule has 1 aromatic rings. The highest BCUT2D eigenvalue weighted by atomic mass is 28.4. The Kier molecular flexibility index (Phi) is 17.9. The van der Waals surface area contributed by atoms with Gasteiger partial charge in [-0.15, -0.1) is 0 Å². The van der Waals surface area contributed by atoms with Crippen molar-refractivity contribution in [2.45, 2.75) is 109 Å². The molecule has 0 saturated carbocycles. The second-order valence-corrected chi connectivity index (χ2v) is 17.6. The van der Waals surface area contributed by atoms with Crippen LogP contribution in [0, 0.1) is 5.92 Å². The van der Waals surface area contributed by atoms with Gasteiger partial charge in [0.2, 0.25) is 23.6 Å². The van der Waals surface area contributed by atoms with E-state index in [-0.39, 0.29) is 67.5 Å². The molecular formula is C33H55FN6O6Si. The number of halogens is 1. The SMILES string of the molecule is CC(C)[C@H](NC(=O)CCCC(=O)NCCC[Si](F)(C(C)C)C(C)C)C(=O)NCCC(=O)N[C@@H](Cc1ccccc1)C(=O)N(C)C(N)=O. The van der Waals surface area contributed by atoms with Crippen LogP contribution >= 0.6 is 0 Å². The van der Waals surface area contributed by atoms with Crippen molar-refractivity contribution in [3.8, 4) is 0 Å². The Morgan fingerprint density at radius 1 is 0.787 bits per heavy atom. The quantitative estimate of drug-likeness (QED) is 0.0802. The van der Waals surface area contributed by atoms with E-state index < -0.39 is 44.2 Å². The summed E-state index contributed by atoms with van der Waals surface area (Å²) in [6, 6.07) is 6.60. The van der Waals surface area contributed by atoms with Crippen molar-refractivity contribution in [3.63, 3.8) is 0 Å². The number of carbonyl (C=O) groups is 6. The van der Waals surface area contributed by atoms with E-state index in [1.54, 1.807) is 38.1 Å². The molecule has 12 nitrogen and oxygen atoms in total. The number of nitrogens with two attached hydrogens (primary N) is 1. The predicted molar refractivity (Wildman–Crippen MR) is 182 cm³/mol. The third-order valence-electron chi connectivity index (χ3n) is 8.28. The fourth-order valence-corrected chi connectivity index (χ4v) is 8.38. The molecule has 0 fully saturated rings. The molecule has 0 bridgehead atoms. The van der Waals surface area contributed by atoms with E-state index >= 15 is 4.11 Å². The molecule has 0 unspecified atom stereocenters. The molecule has 0 aliphatic heterocycles.